The van der Waals surface area contributed by atoms with Crippen LogP contribution in [-0.2, 0) is 16.4 Å². The van der Waals surface area contributed by atoms with E-state index >= 15 is 0 Å². The molecule has 1 saturated heterocycles. The molecule has 0 amide bonds. The second-order valence-corrected chi connectivity index (χ2v) is 7.52. The van der Waals surface area contributed by atoms with E-state index in [0.29, 0.717) is 19.0 Å². The summed E-state index contributed by atoms with van der Waals surface area (Å²) in [7, 11) is -3.44. The Morgan fingerprint density at radius 3 is 2.82 bits per heavy atom. The first-order valence-corrected chi connectivity index (χ1v) is 8.90. The average molecular weight is 317 g/mol. The normalized spacial score (nSPS) is 19.9. The first-order chi connectivity index (χ1) is 10.7. The summed E-state index contributed by atoms with van der Waals surface area (Å²) in [6.45, 7) is 1.13. The quantitative estimate of drug-likeness (QED) is 0.866. The molecule has 1 aliphatic heterocycles. The maximum absolute atomic E-state index is 12.7. The summed E-state index contributed by atoms with van der Waals surface area (Å²) in [6.07, 6.45) is 7.52. The lowest BCUT2D eigenvalue weighted by molar-refractivity contribution is 0.264. The summed E-state index contributed by atoms with van der Waals surface area (Å²) >= 11 is 0. The zero-order valence-corrected chi connectivity index (χ0v) is 13.1. The van der Waals surface area contributed by atoms with E-state index in [-0.39, 0.29) is 4.90 Å². The number of nitrogens with zero attached hydrogens (tertiary/aromatic N) is 3. The van der Waals surface area contributed by atoms with E-state index in [9.17, 15) is 8.42 Å². The van der Waals surface area contributed by atoms with Gasteiger partial charge in [-0.3, -0.25) is 9.97 Å². The summed E-state index contributed by atoms with van der Waals surface area (Å²) < 4.78 is 26.9. The average Bonchev–Trinajstić information content (AvgIpc) is 2.57. The summed E-state index contributed by atoms with van der Waals surface area (Å²) in [4.78, 5) is 8.53. The van der Waals surface area contributed by atoms with Crippen LogP contribution in [0.1, 0.15) is 18.5 Å². The molecule has 0 aliphatic carbocycles. The number of hydrogen-bond acceptors (Lipinski definition) is 4. The third-order valence-electron chi connectivity index (χ3n) is 3.98. The summed E-state index contributed by atoms with van der Waals surface area (Å²) in [5, 5.41) is 0. The van der Waals surface area contributed by atoms with E-state index in [1.165, 1.54) is 6.20 Å². The largest absolute Gasteiger partial charge is 0.263 e. The lowest BCUT2D eigenvalue weighted by Gasteiger charge is -2.31. The third-order valence-corrected chi connectivity index (χ3v) is 5.83. The molecule has 5 nitrogen and oxygen atoms in total. The van der Waals surface area contributed by atoms with Crippen LogP contribution in [0.3, 0.4) is 0 Å². The van der Waals surface area contributed by atoms with Crippen molar-refractivity contribution in [3.63, 3.8) is 0 Å². The van der Waals surface area contributed by atoms with Crippen molar-refractivity contribution in [1.82, 2.24) is 14.3 Å². The van der Waals surface area contributed by atoms with Crippen molar-refractivity contribution in [2.24, 2.45) is 5.92 Å². The Labute approximate surface area is 131 Å². The molecule has 116 valence electrons. The van der Waals surface area contributed by atoms with E-state index in [1.54, 1.807) is 28.8 Å². The van der Waals surface area contributed by atoms with Gasteiger partial charge in [0.05, 0.1) is 0 Å². The highest BCUT2D eigenvalue weighted by molar-refractivity contribution is 7.89. The van der Waals surface area contributed by atoms with E-state index in [0.717, 1.165) is 25.0 Å². The van der Waals surface area contributed by atoms with E-state index in [4.69, 9.17) is 0 Å². The molecule has 0 saturated carbocycles. The second-order valence-electron chi connectivity index (χ2n) is 5.59. The molecule has 3 rings (SSSR count). The van der Waals surface area contributed by atoms with E-state index in [1.807, 2.05) is 18.2 Å². The van der Waals surface area contributed by atoms with Gasteiger partial charge in [0, 0.05) is 37.4 Å². The Bertz CT molecular complexity index is 705. The van der Waals surface area contributed by atoms with Gasteiger partial charge in [-0.05, 0) is 49.4 Å². The molecule has 1 aliphatic rings. The first-order valence-electron chi connectivity index (χ1n) is 7.46. The number of piperidine rings is 1. The van der Waals surface area contributed by atoms with Crippen LogP contribution < -0.4 is 0 Å². The zero-order valence-electron chi connectivity index (χ0n) is 12.3. The third kappa shape index (κ3) is 3.34. The molecule has 0 spiro atoms. The Hall–Kier alpha value is -1.79. The van der Waals surface area contributed by atoms with Gasteiger partial charge in [-0.1, -0.05) is 6.07 Å². The highest BCUT2D eigenvalue weighted by Gasteiger charge is 2.30. The predicted molar refractivity (Wildman–Crippen MR) is 83.7 cm³/mol. The molecule has 1 unspecified atom stereocenters. The standard InChI is InChI=1S/C16H19N3O2S/c20-22(21,16-7-3-8-17-12-16)19-10-4-5-14(13-19)11-15-6-1-2-9-18-15/h1-3,6-9,12,14H,4-5,10-11,13H2. The Kier molecular flexibility index (Phi) is 4.49. The molecule has 0 N–H and O–H groups in total. The van der Waals surface area contributed by atoms with Gasteiger partial charge in [-0.2, -0.15) is 4.31 Å². The molecule has 2 aromatic heterocycles. The number of pyridine rings is 2. The Balaban J connectivity index is 1.73. The van der Waals surface area contributed by atoms with Crippen molar-refractivity contribution in [3.8, 4) is 0 Å². The Morgan fingerprint density at radius 1 is 1.18 bits per heavy atom. The fourth-order valence-electron chi connectivity index (χ4n) is 2.88. The van der Waals surface area contributed by atoms with Crippen molar-refractivity contribution in [1.29, 1.82) is 0 Å². The minimum absolute atomic E-state index is 0.272. The van der Waals surface area contributed by atoms with Gasteiger partial charge in [0.2, 0.25) is 10.0 Å². The predicted octanol–water partition coefficient (Wildman–Crippen LogP) is 2.12. The molecule has 0 radical (unpaired) electrons. The minimum atomic E-state index is -3.44. The van der Waals surface area contributed by atoms with Crippen molar-refractivity contribution in [2.75, 3.05) is 13.1 Å². The molecule has 3 heterocycles. The monoisotopic (exact) mass is 317 g/mol. The van der Waals surface area contributed by atoms with Gasteiger partial charge in [0.1, 0.15) is 4.90 Å². The minimum Gasteiger partial charge on any atom is -0.263 e. The maximum atomic E-state index is 12.7. The molecule has 22 heavy (non-hydrogen) atoms. The number of sulfonamides is 1. The highest BCUT2D eigenvalue weighted by Crippen LogP contribution is 2.25. The first kappa shape index (κ1) is 15.1. The molecular formula is C16H19N3O2S. The van der Waals surface area contributed by atoms with Gasteiger partial charge in [0.25, 0.3) is 0 Å². The topological polar surface area (TPSA) is 63.2 Å². The van der Waals surface area contributed by atoms with Crippen LogP contribution in [0.2, 0.25) is 0 Å². The lowest BCUT2D eigenvalue weighted by Crippen LogP contribution is -2.40. The van der Waals surface area contributed by atoms with Crippen LogP contribution in [0, 0.1) is 5.92 Å². The van der Waals surface area contributed by atoms with E-state index in [2.05, 4.69) is 9.97 Å². The lowest BCUT2D eigenvalue weighted by atomic mass is 9.94. The van der Waals surface area contributed by atoms with Crippen molar-refractivity contribution < 1.29 is 8.42 Å². The SMILES string of the molecule is O=S(=O)(c1cccnc1)N1CCCC(Cc2ccccn2)C1. The summed E-state index contributed by atoms with van der Waals surface area (Å²) in [6, 6.07) is 9.11. The zero-order chi connectivity index (χ0) is 15.4. The maximum Gasteiger partial charge on any atom is 0.244 e. The number of hydrogen-bond donors (Lipinski definition) is 0. The van der Waals surface area contributed by atoms with Crippen LogP contribution in [0.5, 0.6) is 0 Å². The van der Waals surface area contributed by atoms with Gasteiger partial charge >= 0.3 is 0 Å². The van der Waals surface area contributed by atoms with Gasteiger partial charge in [-0.25, -0.2) is 8.42 Å². The molecule has 2 aromatic rings. The van der Waals surface area contributed by atoms with Crippen LogP contribution in [0.15, 0.2) is 53.8 Å². The number of rotatable bonds is 4. The molecule has 6 heteroatoms. The van der Waals surface area contributed by atoms with Crippen LogP contribution in [-0.4, -0.2) is 35.8 Å². The smallest absolute Gasteiger partial charge is 0.244 e. The van der Waals surface area contributed by atoms with Crippen LogP contribution in [0.4, 0.5) is 0 Å². The second kappa shape index (κ2) is 6.54. The molecule has 0 aromatic carbocycles. The van der Waals surface area contributed by atoms with Gasteiger partial charge < -0.3 is 0 Å². The fraction of sp³-hybridized carbons (Fsp3) is 0.375. The van der Waals surface area contributed by atoms with Crippen molar-refractivity contribution >= 4 is 10.0 Å². The summed E-state index contributed by atoms with van der Waals surface area (Å²) in [5.41, 5.74) is 1.02. The highest BCUT2D eigenvalue weighted by atomic mass is 32.2. The molecule has 0 bridgehead atoms. The van der Waals surface area contributed by atoms with Crippen molar-refractivity contribution in [2.45, 2.75) is 24.2 Å². The fourth-order valence-corrected chi connectivity index (χ4v) is 4.39. The van der Waals surface area contributed by atoms with Gasteiger partial charge in [0.15, 0.2) is 0 Å². The molecule has 1 fully saturated rings. The number of aromatic nitrogens is 2. The van der Waals surface area contributed by atoms with E-state index < -0.39 is 10.0 Å². The van der Waals surface area contributed by atoms with Gasteiger partial charge in [-0.15, -0.1) is 0 Å². The van der Waals surface area contributed by atoms with Crippen LogP contribution in [0.25, 0.3) is 0 Å². The van der Waals surface area contributed by atoms with Crippen molar-refractivity contribution in [3.05, 3.63) is 54.6 Å². The van der Waals surface area contributed by atoms with Crippen LogP contribution >= 0.6 is 0 Å². The Morgan fingerprint density at radius 2 is 2.09 bits per heavy atom. The summed E-state index contributed by atoms with van der Waals surface area (Å²) in [5.74, 6) is 0.315. The molecular weight excluding hydrogens is 298 g/mol. The molecule has 1 atom stereocenters.